The van der Waals surface area contributed by atoms with Crippen molar-refractivity contribution in [3.8, 4) is 5.75 Å². The van der Waals surface area contributed by atoms with Crippen molar-refractivity contribution in [3.63, 3.8) is 0 Å². The molecule has 1 saturated carbocycles. The Morgan fingerprint density at radius 1 is 1.22 bits per heavy atom. The molecule has 1 aromatic rings. The summed E-state index contributed by atoms with van der Waals surface area (Å²) in [6.45, 7) is 2.57. The van der Waals surface area contributed by atoms with Crippen LogP contribution in [0, 0.1) is 6.92 Å². The molecule has 1 fully saturated rings. The van der Waals surface area contributed by atoms with Gasteiger partial charge in [0, 0.05) is 12.5 Å². The maximum Gasteiger partial charge on any atom is 0.226 e. The third kappa shape index (κ3) is 6.99. The molecule has 23 heavy (non-hydrogen) atoms. The molecule has 1 aliphatic rings. The number of amides is 1. The zero-order valence-corrected chi connectivity index (χ0v) is 14.6. The molecule has 0 unspecified atom stereocenters. The van der Waals surface area contributed by atoms with Gasteiger partial charge in [-0.3, -0.25) is 4.79 Å². The van der Waals surface area contributed by atoms with Crippen molar-refractivity contribution in [2.45, 2.75) is 57.9 Å². The normalized spacial score (nSPS) is 15.0. The minimum atomic E-state index is -0.0502. The van der Waals surface area contributed by atoms with E-state index in [1.165, 1.54) is 24.8 Å². The Kier molecular flexibility index (Phi) is 7.33. The summed E-state index contributed by atoms with van der Waals surface area (Å²) in [4.78, 5) is 11.9. The van der Waals surface area contributed by atoms with Crippen LogP contribution in [0.15, 0.2) is 24.3 Å². The lowest BCUT2D eigenvalue weighted by Gasteiger charge is -2.24. The number of hydrogen-bond acceptors (Lipinski definition) is 3. The molecule has 0 radical (unpaired) electrons. The van der Waals surface area contributed by atoms with Crippen molar-refractivity contribution in [3.05, 3.63) is 29.8 Å². The van der Waals surface area contributed by atoms with Crippen molar-refractivity contribution in [1.29, 1.82) is 0 Å². The van der Waals surface area contributed by atoms with E-state index in [0.717, 1.165) is 18.6 Å². The maximum absolute atomic E-state index is 11.9. The molecule has 0 bridgehead atoms. The third-order valence-corrected chi connectivity index (χ3v) is 4.25. The van der Waals surface area contributed by atoms with Gasteiger partial charge in [-0.15, -0.1) is 0 Å². The molecule has 1 aliphatic carbocycles. The molecule has 0 saturated heterocycles. The maximum atomic E-state index is 11.9. The Labute approximate surface area is 144 Å². The lowest BCUT2D eigenvalue weighted by atomic mass is 9.96. The first kappa shape index (κ1) is 17.7. The van der Waals surface area contributed by atoms with Gasteiger partial charge in [0.05, 0.1) is 6.61 Å². The van der Waals surface area contributed by atoms with Gasteiger partial charge < -0.3 is 15.4 Å². The van der Waals surface area contributed by atoms with E-state index in [1.54, 1.807) is 0 Å². The predicted octanol–water partition coefficient (Wildman–Crippen LogP) is 3.48. The number of hydrogen-bond donors (Lipinski definition) is 2. The van der Waals surface area contributed by atoms with Crippen molar-refractivity contribution in [2.75, 3.05) is 6.61 Å². The molecule has 1 aromatic carbocycles. The molecule has 1 amide bonds. The van der Waals surface area contributed by atoms with E-state index in [-0.39, 0.29) is 5.91 Å². The van der Waals surface area contributed by atoms with Crippen LogP contribution < -0.4 is 15.4 Å². The predicted molar refractivity (Wildman–Crippen MR) is 96.7 cm³/mol. The molecular weight excluding hydrogens is 308 g/mol. The second-order valence-electron chi connectivity index (χ2n) is 6.12. The zero-order valence-electron chi connectivity index (χ0n) is 13.8. The van der Waals surface area contributed by atoms with Gasteiger partial charge in [-0.1, -0.05) is 37.0 Å². The summed E-state index contributed by atoms with van der Waals surface area (Å²) >= 11 is 5.20. The highest BCUT2D eigenvalue weighted by molar-refractivity contribution is 7.80. The van der Waals surface area contributed by atoms with E-state index in [1.807, 2.05) is 31.2 Å². The molecular formula is C18H26N2O2S. The standard InChI is InChI=1S/C18H26N2O2S/c1-14-9-11-16(12-10-14)22-13-5-8-17(21)20-18(23)19-15-6-3-2-4-7-15/h9-12,15H,2-8,13H2,1H3,(H2,19,20,21,23). The van der Waals surface area contributed by atoms with Gasteiger partial charge in [0.2, 0.25) is 5.91 Å². The number of aryl methyl sites for hydroxylation is 1. The molecule has 0 aromatic heterocycles. The number of ether oxygens (including phenoxy) is 1. The minimum Gasteiger partial charge on any atom is -0.494 e. The minimum absolute atomic E-state index is 0.0502. The summed E-state index contributed by atoms with van der Waals surface area (Å²) in [7, 11) is 0. The first-order valence-corrected chi connectivity index (χ1v) is 8.84. The average molecular weight is 334 g/mol. The fraction of sp³-hybridized carbons (Fsp3) is 0.556. The summed E-state index contributed by atoms with van der Waals surface area (Å²) in [5.41, 5.74) is 1.20. The summed E-state index contributed by atoms with van der Waals surface area (Å²) in [6, 6.07) is 8.33. The van der Waals surface area contributed by atoms with Crippen LogP contribution in [0.5, 0.6) is 5.75 Å². The fourth-order valence-corrected chi connectivity index (χ4v) is 3.00. The lowest BCUT2D eigenvalue weighted by molar-refractivity contribution is -0.119. The summed E-state index contributed by atoms with van der Waals surface area (Å²) < 4.78 is 5.61. The van der Waals surface area contributed by atoms with Crippen LogP contribution >= 0.6 is 12.2 Å². The van der Waals surface area contributed by atoms with Gasteiger partial charge in [-0.2, -0.15) is 0 Å². The fourth-order valence-electron chi connectivity index (χ4n) is 2.71. The van der Waals surface area contributed by atoms with E-state index in [4.69, 9.17) is 17.0 Å². The first-order valence-electron chi connectivity index (χ1n) is 8.43. The second kappa shape index (κ2) is 9.50. The van der Waals surface area contributed by atoms with Crippen LogP contribution in [0.1, 0.15) is 50.5 Å². The van der Waals surface area contributed by atoms with Gasteiger partial charge in [0.25, 0.3) is 0 Å². The summed E-state index contributed by atoms with van der Waals surface area (Å²) in [5.74, 6) is 0.788. The molecule has 0 aliphatic heterocycles. The summed E-state index contributed by atoms with van der Waals surface area (Å²) in [5, 5.41) is 6.46. The Bertz CT molecular complexity index is 510. The van der Waals surface area contributed by atoms with E-state index in [9.17, 15) is 4.79 Å². The highest BCUT2D eigenvalue weighted by Gasteiger charge is 2.14. The zero-order chi connectivity index (χ0) is 16.5. The molecule has 0 atom stereocenters. The van der Waals surface area contributed by atoms with Crippen molar-refractivity contribution < 1.29 is 9.53 Å². The molecule has 5 heteroatoms. The number of benzene rings is 1. The second-order valence-corrected chi connectivity index (χ2v) is 6.53. The van der Waals surface area contributed by atoms with Crippen LogP contribution in [-0.2, 0) is 4.79 Å². The topological polar surface area (TPSA) is 50.4 Å². The molecule has 2 N–H and O–H groups in total. The molecule has 0 heterocycles. The van der Waals surface area contributed by atoms with Gasteiger partial charge in [0.15, 0.2) is 5.11 Å². The van der Waals surface area contributed by atoms with E-state index < -0.39 is 0 Å². The molecule has 4 nitrogen and oxygen atoms in total. The number of nitrogens with one attached hydrogen (secondary N) is 2. The van der Waals surface area contributed by atoms with Crippen LogP contribution in [0.3, 0.4) is 0 Å². The quantitative estimate of drug-likeness (QED) is 0.618. The average Bonchev–Trinajstić information content (AvgIpc) is 2.54. The van der Waals surface area contributed by atoms with Crippen LogP contribution in [-0.4, -0.2) is 23.7 Å². The number of carbonyl (C=O) groups excluding carboxylic acids is 1. The van der Waals surface area contributed by atoms with Crippen LogP contribution in [0.4, 0.5) is 0 Å². The Morgan fingerprint density at radius 3 is 2.61 bits per heavy atom. The largest absolute Gasteiger partial charge is 0.494 e. The Balaban J connectivity index is 1.57. The Morgan fingerprint density at radius 2 is 1.91 bits per heavy atom. The summed E-state index contributed by atoms with van der Waals surface area (Å²) in [6.07, 6.45) is 7.15. The molecule has 126 valence electrons. The van der Waals surface area contributed by atoms with E-state index >= 15 is 0 Å². The van der Waals surface area contributed by atoms with Crippen molar-refractivity contribution in [1.82, 2.24) is 10.6 Å². The van der Waals surface area contributed by atoms with Crippen LogP contribution in [0.2, 0.25) is 0 Å². The molecule has 2 rings (SSSR count). The highest BCUT2D eigenvalue weighted by atomic mass is 32.1. The number of rotatable bonds is 6. The first-order chi connectivity index (χ1) is 11.1. The monoisotopic (exact) mass is 334 g/mol. The number of carbonyl (C=O) groups is 1. The third-order valence-electron chi connectivity index (χ3n) is 4.03. The van der Waals surface area contributed by atoms with Gasteiger partial charge in [-0.05, 0) is 50.5 Å². The SMILES string of the molecule is Cc1ccc(OCCCC(=O)NC(=S)NC2CCCCC2)cc1. The Hall–Kier alpha value is -1.62. The van der Waals surface area contributed by atoms with E-state index in [2.05, 4.69) is 10.6 Å². The van der Waals surface area contributed by atoms with Crippen molar-refractivity contribution in [2.24, 2.45) is 0 Å². The van der Waals surface area contributed by atoms with E-state index in [0.29, 0.717) is 30.6 Å². The number of thiocarbonyl (C=S) groups is 1. The van der Waals surface area contributed by atoms with Gasteiger partial charge >= 0.3 is 0 Å². The van der Waals surface area contributed by atoms with Crippen LogP contribution in [0.25, 0.3) is 0 Å². The van der Waals surface area contributed by atoms with Gasteiger partial charge in [0.1, 0.15) is 5.75 Å². The lowest BCUT2D eigenvalue weighted by Crippen LogP contribution is -2.45. The highest BCUT2D eigenvalue weighted by Crippen LogP contribution is 2.17. The van der Waals surface area contributed by atoms with Crippen molar-refractivity contribution >= 4 is 23.2 Å². The smallest absolute Gasteiger partial charge is 0.226 e. The molecule has 0 spiro atoms. The van der Waals surface area contributed by atoms with Gasteiger partial charge in [-0.25, -0.2) is 0 Å².